The SMILES string of the molecule is NC(CCS)C(=O)O.c1ccccsccc1. The summed E-state index contributed by atoms with van der Waals surface area (Å²) in [4.78, 5) is 9.93. The van der Waals surface area contributed by atoms with Crippen molar-refractivity contribution in [2.24, 2.45) is 5.73 Å². The molecule has 1 aromatic rings. The van der Waals surface area contributed by atoms with E-state index in [0.717, 1.165) is 0 Å². The molecule has 3 nitrogen and oxygen atoms in total. The third-order valence-electron chi connectivity index (χ3n) is 1.63. The van der Waals surface area contributed by atoms with Gasteiger partial charge >= 0.3 is 5.97 Å². The van der Waals surface area contributed by atoms with Crippen LogP contribution in [0.2, 0.25) is 0 Å². The molecule has 1 aromatic heterocycles. The number of nitrogens with two attached hydrogens (primary N) is 1. The van der Waals surface area contributed by atoms with Gasteiger partial charge in [-0.15, -0.1) is 0 Å². The van der Waals surface area contributed by atoms with Gasteiger partial charge in [-0.2, -0.15) is 24.0 Å². The monoisotopic (exact) mass is 271 g/mol. The first-order chi connectivity index (χ1) is 8.18. The Balaban J connectivity index is 0.000000304. The highest BCUT2D eigenvalue weighted by Crippen LogP contribution is 1.89. The highest BCUT2D eigenvalue weighted by atomic mass is 32.1. The minimum Gasteiger partial charge on any atom is -0.480 e. The van der Waals surface area contributed by atoms with Crippen LogP contribution in [0, 0.1) is 0 Å². The molecule has 0 aromatic carbocycles. The molecule has 1 atom stereocenters. The molecule has 0 aliphatic heterocycles. The second-order valence-electron chi connectivity index (χ2n) is 3.02. The average Bonchev–Trinajstić information content (AvgIpc) is 2.45. The van der Waals surface area contributed by atoms with Crippen LogP contribution in [-0.4, -0.2) is 22.9 Å². The van der Waals surface area contributed by atoms with E-state index in [0.29, 0.717) is 12.2 Å². The second-order valence-corrected chi connectivity index (χ2v) is 4.28. The van der Waals surface area contributed by atoms with E-state index < -0.39 is 12.0 Å². The predicted octanol–water partition coefficient (Wildman–Crippen LogP) is 2.59. The molecule has 0 radical (unpaired) electrons. The number of hydrogen-bond acceptors (Lipinski definition) is 4. The van der Waals surface area contributed by atoms with E-state index in [1.54, 1.807) is 11.3 Å². The molecule has 94 valence electrons. The molecule has 5 heteroatoms. The molecule has 17 heavy (non-hydrogen) atoms. The van der Waals surface area contributed by atoms with Crippen LogP contribution in [0.3, 0.4) is 0 Å². The summed E-state index contributed by atoms with van der Waals surface area (Å²) in [5, 5.41) is 12.2. The zero-order chi connectivity index (χ0) is 12.9. The summed E-state index contributed by atoms with van der Waals surface area (Å²) < 4.78 is 0. The van der Waals surface area contributed by atoms with Gasteiger partial charge < -0.3 is 10.8 Å². The van der Waals surface area contributed by atoms with Gasteiger partial charge in [-0.3, -0.25) is 4.79 Å². The van der Waals surface area contributed by atoms with Crippen LogP contribution >= 0.6 is 24.0 Å². The zero-order valence-corrected chi connectivity index (χ0v) is 11.1. The second kappa shape index (κ2) is 11.4. The maximum Gasteiger partial charge on any atom is 0.320 e. The molecular formula is C12H17NO2S2. The Labute approximate surface area is 111 Å². The first kappa shape index (κ1) is 16.0. The van der Waals surface area contributed by atoms with E-state index in [1.807, 2.05) is 47.2 Å². The standard InChI is InChI=1S/C8H8S.C4H9NO2S/c1-2-4-6-8-9-7-5-3-1;5-3(1-2-8)4(6)7/h1-8H;3,8H,1-2,5H2,(H,6,7). The summed E-state index contributed by atoms with van der Waals surface area (Å²) in [5.74, 6) is -0.438. The van der Waals surface area contributed by atoms with Crippen molar-refractivity contribution >= 4 is 29.9 Å². The fraction of sp³-hybridized carbons (Fsp3) is 0.250. The van der Waals surface area contributed by atoms with Gasteiger partial charge in [0.1, 0.15) is 6.04 Å². The Kier molecular flexibility index (Phi) is 10.7. The summed E-state index contributed by atoms with van der Waals surface area (Å²) in [5.41, 5.74) is 5.08. The molecular weight excluding hydrogens is 254 g/mol. The maximum atomic E-state index is 9.93. The number of carbonyl (C=O) groups is 1. The van der Waals surface area contributed by atoms with E-state index in [-0.39, 0.29) is 0 Å². The molecule has 0 amide bonds. The minimum atomic E-state index is -0.959. The Hall–Kier alpha value is -1.04. The number of hydrogen-bond donors (Lipinski definition) is 3. The zero-order valence-electron chi connectivity index (χ0n) is 9.40. The molecule has 0 aliphatic carbocycles. The lowest BCUT2D eigenvalue weighted by Gasteiger charge is -2.00. The molecule has 1 unspecified atom stereocenters. The number of aliphatic carboxylic acids is 1. The first-order valence-corrected chi connectivity index (χ1v) is 6.65. The van der Waals surface area contributed by atoms with Crippen LogP contribution in [0.15, 0.2) is 47.2 Å². The highest BCUT2D eigenvalue weighted by Gasteiger charge is 2.08. The Bertz CT molecular complexity index is 279. The molecule has 3 N–H and O–H groups in total. The van der Waals surface area contributed by atoms with Crippen LogP contribution in [-0.2, 0) is 4.79 Å². The quantitative estimate of drug-likeness (QED) is 0.740. The van der Waals surface area contributed by atoms with Gasteiger partial charge in [0, 0.05) is 0 Å². The van der Waals surface area contributed by atoms with Crippen LogP contribution in [0.25, 0.3) is 0 Å². The van der Waals surface area contributed by atoms with Crippen molar-refractivity contribution in [3.05, 3.63) is 47.2 Å². The third-order valence-corrected chi connectivity index (χ3v) is 2.51. The van der Waals surface area contributed by atoms with Gasteiger partial charge in [-0.05, 0) is 22.9 Å². The van der Waals surface area contributed by atoms with Crippen molar-refractivity contribution in [3.63, 3.8) is 0 Å². The van der Waals surface area contributed by atoms with Gasteiger partial charge in [-0.25, -0.2) is 0 Å². The number of thiol groups is 1. The molecule has 1 heterocycles. The third kappa shape index (κ3) is 11.2. The van der Waals surface area contributed by atoms with Crippen molar-refractivity contribution in [1.82, 2.24) is 0 Å². The van der Waals surface area contributed by atoms with E-state index in [4.69, 9.17) is 10.8 Å². The number of carboxylic acids is 1. The fourth-order valence-corrected chi connectivity index (χ4v) is 1.48. The number of rotatable bonds is 3. The summed E-state index contributed by atoms with van der Waals surface area (Å²) >= 11 is 5.49. The van der Waals surface area contributed by atoms with Crippen LogP contribution in [0.4, 0.5) is 0 Å². The topological polar surface area (TPSA) is 63.3 Å². The van der Waals surface area contributed by atoms with Gasteiger partial charge in [0.05, 0.1) is 0 Å². The highest BCUT2D eigenvalue weighted by molar-refractivity contribution is 7.80. The van der Waals surface area contributed by atoms with E-state index in [1.165, 1.54) is 0 Å². The molecule has 0 fully saturated rings. The van der Waals surface area contributed by atoms with Crippen molar-refractivity contribution in [1.29, 1.82) is 0 Å². The van der Waals surface area contributed by atoms with Crippen molar-refractivity contribution in [2.45, 2.75) is 12.5 Å². The van der Waals surface area contributed by atoms with E-state index in [9.17, 15) is 4.79 Å². The summed E-state index contributed by atoms with van der Waals surface area (Å²) in [6.45, 7) is 0. The average molecular weight is 271 g/mol. The molecule has 0 saturated heterocycles. The van der Waals surface area contributed by atoms with Gasteiger partial charge in [-0.1, -0.05) is 36.4 Å². The molecule has 0 saturated carbocycles. The molecule has 1 rings (SSSR count). The Morgan fingerprint density at radius 1 is 1.18 bits per heavy atom. The van der Waals surface area contributed by atoms with Crippen LogP contribution in [0.1, 0.15) is 6.42 Å². The van der Waals surface area contributed by atoms with Gasteiger partial charge in [0.2, 0.25) is 0 Å². The fourth-order valence-electron chi connectivity index (χ4n) is 0.746. The smallest absolute Gasteiger partial charge is 0.320 e. The lowest BCUT2D eigenvalue weighted by Crippen LogP contribution is -2.30. The molecule has 0 bridgehead atoms. The normalized spacial score (nSPS) is 10.5. The molecule has 0 aliphatic rings. The molecule has 0 spiro atoms. The van der Waals surface area contributed by atoms with Crippen molar-refractivity contribution in [3.8, 4) is 0 Å². The largest absolute Gasteiger partial charge is 0.480 e. The lowest BCUT2D eigenvalue weighted by atomic mass is 10.2. The Morgan fingerprint density at radius 2 is 1.65 bits per heavy atom. The maximum absolute atomic E-state index is 9.93. The summed E-state index contributed by atoms with van der Waals surface area (Å²) in [7, 11) is 0. The number of carboxylic acid groups (broad SMARTS) is 1. The van der Waals surface area contributed by atoms with Crippen molar-refractivity contribution in [2.75, 3.05) is 5.75 Å². The van der Waals surface area contributed by atoms with Crippen LogP contribution < -0.4 is 5.73 Å². The van der Waals surface area contributed by atoms with Gasteiger partial charge in [0.25, 0.3) is 0 Å². The van der Waals surface area contributed by atoms with Gasteiger partial charge in [0.15, 0.2) is 0 Å². The van der Waals surface area contributed by atoms with E-state index >= 15 is 0 Å². The first-order valence-electron chi connectivity index (χ1n) is 5.08. The minimum absolute atomic E-state index is 0.429. The van der Waals surface area contributed by atoms with Crippen molar-refractivity contribution < 1.29 is 9.90 Å². The summed E-state index contributed by atoms with van der Waals surface area (Å²) in [6.07, 6.45) is 0.429. The lowest BCUT2D eigenvalue weighted by molar-refractivity contribution is -0.138. The van der Waals surface area contributed by atoms with Crippen LogP contribution in [0.5, 0.6) is 0 Å². The van der Waals surface area contributed by atoms with E-state index in [2.05, 4.69) is 12.6 Å². The predicted molar refractivity (Wildman–Crippen MR) is 76.0 cm³/mol. The summed E-state index contributed by atoms with van der Waals surface area (Å²) in [6, 6.07) is 11.3. The Morgan fingerprint density at radius 3 is 2.00 bits per heavy atom.